The van der Waals surface area contributed by atoms with Crippen molar-refractivity contribution in [3.8, 4) is 5.75 Å². The van der Waals surface area contributed by atoms with Gasteiger partial charge in [-0.15, -0.1) is 0 Å². The summed E-state index contributed by atoms with van der Waals surface area (Å²) in [7, 11) is 0. The Labute approximate surface area is 134 Å². The van der Waals surface area contributed by atoms with E-state index in [0.717, 1.165) is 24.3 Å². The molecule has 0 radical (unpaired) electrons. The molecule has 1 heterocycles. The number of benzene rings is 2. The molecule has 0 unspecified atom stereocenters. The van der Waals surface area contributed by atoms with Gasteiger partial charge in [-0.3, -0.25) is 9.59 Å². The maximum atomic E-state index is 11.8. The highest BCUT2D eigenvalue weighted by molar-refractivity contribution is 5.96. The predicted molar refractivity (Wildman–Crippen MR) is 86.3 cm³/mol. The summed E-state index contributed by atoms with van der Waals surface area (Å²) in [5.74, 6) is 0.455. The zero-order valence-corrected chi connectivity index (χ0v) is 12.7. The second-order valence-corrected chi connectivity index (χ2v) is 5.37. The van der Waals surface area contributed by atoms with Crippen molar-refractivity contribution in [3.63, 3.8) is 0 Å². The fourth-order valence-corrected chi connectivity index (χ4v) is 2.47. The second-order valence-electron chi connectivity index (χ2n) is 5.37. The van der Waals surface area contributed by atoms with Crippen molar-refractivity contribution in [3.05, 3.63) is 65.2 Å². The first-order valence-corrected chi connectivity index (χ1v) is 7.57. The van der Waals surface area contributed by atoms with Crippen LogP contribution < -0.4 is 15.4 Å². The molecule has 0 bridgehead atoms. The highest BCUT2D eigenvalue weighted by Gasteiger charge is 2.12. The van der Waals surface area contributed by atoms with Gasteiger partial charge in [0.25, 0.3) is 5.91 Å². The van der Waals surface area contributed by atoms with Gasteiger partial charge in [-0.25, -0.2) is 0 Å². The van der Waals surface area contributed by atoms with E-state index in [9.17, 15) is 9.59 Å². The van der Waals surface area contributed by atoms with Crippen molar-refractivity contribution < 1.29 is 14.3 Å². The molecule has 2 aromatic rings. The Kier molecular flexibility index (Phi) is 4.57. The van der Waals surface area contributed by atoms with E-state index in [1.807, 2.05) is 24.3 Å². The van der Waals surface area contributed by atoms with Crippen LogP contribution in [0.2, 0.25) is 0 Å². The van der Waals surface area contributed by atoms with Crippen LogP contribution in [0, 0.1) is 0 Å². The van der Waals surface area contributed by atoms with E-state index in [1.165, 1.54) is 5.56 Å². The van der Waals surface area contributed by atoms with Gasteiger partial charge >= 0.3 is 0 Å². The highest BCUT2D eigenvalue weighted by Crippen LogP contribution is 2.25. The largest absolute Gasteiger partial charge is 0.493 e. The summed E-state index contributed by atoms with van der Waals surface area (Å²) >= 11 is 0. The molecule has 3 rings (SSSR count). The van der Waals surface area contributed by atoms with Gasteiger partial charge in [-0.05, 0) is 29.3 Å². The molecule has 5 heteroatoms. The van der Waals surface area contributed by atoms with Crippen molar-refractivity contribution in [1.29, 1.82) is 0 Å². The molecule has 1 aliphatic rings. The van der Waals surface area contributed by atoms with Crippen LogP contribution in [0.25, 0.3) is 0 Å². The minimum atomic E-state index is -0.254. The third kappa shape index (κ3) is 3.88. The van der Waals surface area contributed by atoms with Crippen LogP contribution in [0.3, 0.4) is 0 Å². The molecule has 0 saturated heterocycles. The minimum Gasteiger partial charge on any atom is -0.493 e. The summed E-state index contributed by atoms with van der Waals surface area (Å²) < 4.78 is 5.45. The average molecular weight is 310 g/mol. The van der Waals surface area contributed by atoms with Crippen LogP contribution in [-0.4, -0.2) is 25.0 Å². The molecule has 0 spiro atoms. The van der Waals surface area contributed by atoms with E-state index in [0.29, 0.717) is 12.1 Å². The molecule has 1 aliphatic heterocycles. The number of carbonyl (C=O) groups is 2. The van der Waals surface area contributed by atoms with Gasteiger partial charge in [0.1, 0.15) is 5.75 Å². The zero-order valence-electron chi connectivity index (χ0n) is 12.7. The normalized spacial score (nSPS) is 12.2. The lowest BCUT2D eigenvalue weighted by Crippen LogP contribution is -2.36. The first-order chi connectivity index (χ1) is 11.2. The summed E-state index contributed by atoms with van der Waals surface area (Å²) in [4.78, 5) is 23.7. The van der Waals surface area contributed by atoms with Gasteiger partial charge in [0.2, 0.25) is 5.91 Å². The van der Waals surface area contributed by atoms with Crippen LogP contribution in [0.1, 0.15) is 21.5 Å². The Hall–Kier alpha value is -2.82. The first-order valence-electron chi connectivity index (χ1n) is 7.57. The zero-order chi connectivity index (χ0) is 16.1. The lowest BCUT2D eigenvalue weighted by molar-refractivity contribution is -0.120. The van der Waals surface area contributed by atoms with E-state index < -0.39 is 0 Å². The van der Waals surface area contributed by atoms with Crippen molar-refractivity contribution in [2.24, 2.45) is 0 Å². The summed E-state index contributed by atoms with van der Waals surface area (Å²) in [6.07, 6.45) is 0.907. The predicted octanol–water partition coefficient (Wildman–Crippen LogP) is 1.67. The molecular weight excluding hydrogens is 292 g/mol. The van der Waals surface area contributed by atoms with Crippen LogP contribution in [0.15, 0.2) is 48.5 Å². The van der Waals surface area contributed by atoms with Gasteiger partial charge in [-0.2, -0.15) is 0 Å². The summed E-state index contributed by atoms with van der Waals surface area (Å²) in [6, 6.07) is 14.7. The molecule has 0 atom stereocenters. The standard InChI is InChI=1S/C18H18N2O3/c21-17(12-20-18(22)14-4-2-1-3-5-14)19-11-13-6-7-16-15(10-13)8-9-23-16/h1-7,10H,8-9,11-12H2,(H,19,21)(H,20,22). The number of hydrogen-bond donors (Lipinski definition) is 2. The summed E-state index contributed by atoms with van der Waals surface area (Å²) in [5, 5.41) is 5.41. The Morgan fingerprint density at radius 3 is 2.70 bits per heavy atom. The number of nitrogens with one attached hydrogen (secondary N) is 2. The number of fused-ring (bicyclic) bond motifs is 1. The number of amides is 2. The molecule has 2 aromatic carbocycles. The van der Waals surface area contributed by atoms with E-state index in [1.54, 1.807) is 24.3 Å². The van der Waals surface area contributed by atoms with Crippen molar-refractivity contribution in [2.45, 2.75) is 13.0 Å². The highest BCUT2D eigenvalue weighted by atomic mass is 16.5. The van der Waals surface area contributed by atoms with Gasteiger partial charge in [0, 0.05) is 18.5 Å². The van der Waals surface area contributed by atoms with E-state index >= 15 is 0 Å². The monoisotopic (exact) mass is 310 g/mol. The molecule has 0 aromatic heterocycles. The maximum absolute atomic E-state index is 11.8. The molecule has 0 saturated carbocycles. The van der Waals surface area contributed by atoms with E-state index in [4.69, 9.17) is 4.74 Å². The van der Waals surface area contributed by atoms with Gasteiger partial charge in [0.05, 0.1) is 13.2 Å². The fourth-order valence-electron chi connectivity index (χ4n) is 2.47. The number of hydrogen-bond acceptors (Lipinski definition) is 3. The van der Waals surface area contributed by atoms with Gasteiger partial charge < -0.3 is 15.4 Å². The quantitative estimate of drug-likeness (QED) is 0.883. The number of rotatable bonds is 5. The fraction of sp³-hybridized carbons (Fsp3) is 0.222. The van der Waals surface area contributed by atoms with E-state index in [2.05, 4.69) is 10.6 Å². The van der Waals surface area contributed by atoms with Crippen molar-refractivity contribution in [2.75, 3.05) is 13.2 Å². The molecule has 2 amide bonds. The summed E-state index contributed by atoms with van der Waals surface area (Å²) in [6.45, 7) is 1.12. The van der Waals surface area contributed by atoms with Crippen LogP contribution in [-0.2, 0) is 17.8 Å². The Balaban J connectivity index is 1.46. The SMILES string of the molecule is O=C(CNC(=O)c1ccccc1)NCc1ccc2c(c1)CCO2. The number of carbonyl (C=O) groups excluding carboxylic acids is 2. The Morgan fingerprint density at radius 1 is 1.04 bits per heavy atom. The lowest BCUT2D eigenvalue weighted by atomic mass is 10.1. The molecule has 118 valence electrons. The maximum Gasteiger partial charge on any atom is 0.251 e. The van der Waals surface area contributed by atoms with Crippen molar-refractivity contribution in [1.82, 2.24) is 10.6 Å². The molecule has 0 aliphatic carbocycles. The third-order valence-corrected chi connectivity index (χ3v) is 3.69. The molecule has 0 fully saturated rings. The van der Waals surface area contributed by atoms with Gasteiger partial charge in [0.15, 0.2) is 0 Å². The Bertz CT molecular complexity index is 713. The minimum absolute atomic E-state index is 0.0399. The van der Waals surface area contributed by atoms with Crippen LogP contribution >= 0.6 is 0 Å². The Morgan fingerprint density at radius 2 is 1.87 bits per heavy atom. The molecule has 5 nitrogen and oxygen atoms in total. The molecular formula is C18H18N2O3. The number of ether oxygens (including phenoxy) is 1. The smallest absolute Gasteiger partial charge is 0.251 e. The summed E-state index contributed by atoms with van der Waals surface area (Å²) in [5.41, 5.74) is 2.74. The third-order valence-electron chi connectivity index (χ3n) is 3.69. The molecule has 2 N–H and O–H groups in total. The molecule has 23 heavy (non-hydrogen) atoms. The second kappa shape index (κ2) is 6.96. The van der Waals surface area contributed by atoms with Crippen LogP contribution in [0.5, 0.6) is 5.75 Å². The average Bonchev–Trinajstić information content (AvgIpc) is 3.06. The lowest BCUT2D eigenvalue weighted by Gasteiger charge is -2.08. The first kappa shape index (κ1) is 15.1. The van der Waals surface area contributed by atoms with Crippen molar-refractivity contribution >= 4 is 11.8 Å². The van der Waals surface area contributed by atoms with Gasteiger partial charge in [-0.1, -0.05) is 30.3 Å². The topological polar surface area (TPSA) is 67.4 Å². The van der Waals surface area contributed by atoms with E-state index in [-0.39, 0.29) is 18.4 Å². The van der Waals surface area contributed by atoms with Crippen LogP contribution in [0.4, 0.5) is 0 Å².